The standard InChI is InChI=1S/C9H15NO3S2/c1-5(3-14)8(11)10-4-15-6(2)7(10)9(12)13/h5-7,14H,3-4H2,1-2H3,(H,12,13). The maximum Gasteiger partial charge on any atom is 0.327 e. The fraction of sp³-hybridized carbons (Fsp3) is 0.778. The van der Waals surface area contributed by atoms with Gasteiger partial charge < -0.3 is 10.0 Å². The number of aliphatic carboxylic acids is 1. The molecule has 1 aliphatic heterocycles. The highest BCUT2D eigenvalue weighted by Crippen LogP contribution is 2.30. The number of hydrogen-bond acceptors (Lipinski definition) is 4. The third-order valence-electron chi connectivity index (χ3n) is 2.49. The van der Waals surface area contributed by atoms with Crippen molar-refractivity contribution < 1.29 is 14.7 Å². The van der Waals surface area contributed by atoms with E-state index < -0.39 is 12.0 Å². The predicted molar refractivity (Wildman–Crippen MR) is 63.2 cm³/mol. The van der Waals surface area contributed by atoms with Gasteiger partial charge in [0.05, 0.1) is 5.88 Å². The van der Waals surface area contributed by atoms with E-state index >= 15 is 0 Å². The van der Waals surface area contributed by atoms with E-state index in [4.69, 9.17) is 5.11 Å². The van der Waals surface area contributed by atoms with Crippen molar-refractivity contribution in [3.8, 4) is 0 Å². The zero-order chi connectivity index (χ0) is 11.6. The molecule has 0 aromatic carbocycles. The average molecular weight is 249 g/mol. The van der Waals surface area contributed by atoms with Gasteiger partial charge in [0.2, 0.25) is 5.91 Å². The first-order chi connectivity index (χ1) is 6.99. The number of carboxylic acid groups (broad SMARTS) is 1. The molecular weight excluding hydrogens is 234 g/mol. The number of amides is 1. The molecule has 0 radical (unpaired) electrons. The van der Waals surface area contributed by atoms with Crippen LogP contribution in [-0.4, -0.2) is 44.8 Å². The molecule has 0 spiro atoms. The highest BCUT2D eigenvalue weighted by Gasteiger charge is 2.41. The highest BCUT2D eigenvalue weighted by molar-refractivity contribution is 8.00. The molecule has 3 unspecified atom stereocenters. The summed E-state index contributed by atoms with van der Waals surface area (Å²) in [5.74, 6) is -0.349. The quantitative estimate of drug-likeness (QED) is 0.731. The van der Waals surface area contributed by atoms with Crippen LogP contribution >= 0.6 is 24.4 Å². The lowest BCUT2D eigenvalue weighted by molar-refractivity contribution is -0.149. The summed E-state index contributed by atoms with van der Waals surface area (Å²) in [6, 6.07) is -0.690. The van der Waals surface area contributed by atoms with Gasteiger partial charge in [0, 0.05) is 16.9 Å². The van der Waals surface area contributed by atoms with E-state index in [0.29, 0.717) is 11.6 Å². The molecule has 15 heavy (non-hydrogen) atoms. The Morgan fingerprint density at radius 1 is 1.67 bits per heavy atom. The number of rotatable bonds is 3. The molecule has 86 valence electrons. The Bertz CT molecular complexity index is 272. The molecule has 6 heteroatoms. The SMILES string of the molecule is CC(CS)C(=O)N1CSC(C)C1C(=O)O. The van der Waals surface area contributed by atoms with E-state index in [2.05, 4.69) is 12.6 Å². The first-order valence-electron chi connectivity index (χ1n) is 4.74. The Hall–Kier alpha value is -0.360. The summed E-state index contributed by atoms with van der Waals surface area (Å²) < 4.78 is 0. The molecule has 4 nitrogen and oxygen atoms in total. The van der Waals surface area contributed by atoms with Crippen molar-refractivity contribution in [3.63, 3.8) is 0 Å². The van der Waals surface area contributed by atoms with Gasteiger partial charge in [-0.15, -0.1) is 11.8 Å². The predicted octanol–water partition coefficient (Wildman–Crippen LogP) is 0.927. The number of carbonyl (C=O) groups is 2. The number of thiol groups is 1. The molecule has 1 rings (SSSR count). The molecule has 1 N–H and O–H groups in total. The van der Waals surface area contributed by atoms with Crippen LogP contribution in [0.25, 0.3) is 0 Å². The van der Waals surface area contributed by atoms with Crippen LogP contribution in [0, 0.1) is 5.92 Å². The minimum Gasteiger partial charge on any atom is -0.480 e. The molecule has 0 aromatic heterocycles. The van der Waals surface area contributed by atoms with Crippen molar-refractivity contribution in [1.29, 1.82) is 0 Å². The van der Waals surface area contributed by atoms with E-state index in [9.17, 15) is 9.59 Å². The number of hydrogen-bond donors (Lipinski definition) is 2. The summed E-state index contributed by atoms with van der Waals surface area (Å²) in [5, 5.41) is 8.99. The Labute approximate surface area is 98.8 Å². The average Bonchev–Trinajstić information content (AvgIpc) is 2.57. The Morgan fingerprint density at radius 3 is 2.73 bits per heavy atom. The Morgan fingerprint density at radius 2 is 2.27 bits per heavy atom. The first kappa shape index (κ1) is 12.7. The van der Waals surface area contributed by atoms with Crippen LogP contribution in [0.4, 0.5) is 0 Å². The Balaban J connectivity index is 2.77. The van der Waals surface area contributed by atoms with Crippen molar-refractivity contribution in [1.82, 2.24) is 4.90 Å². The van der Waals surface area contributed by atoms with E-state index in [-0.39, 0.29) is 17.1 Å². The zero-order valence-electron chi connectivity index (χ0n) is 8.71. The van der Waals surface area contributed by atoms with Crippen LogP contribution in [0.3, 0.4) is 0 Å². The molecular formula is C9H15NO3S2. The summed E-state index contributed by atoms with van der Waals surface area (Å²) in [6.45, 7) is 3.60. The fourth-order valence-electron chi connectivity index (χ4n) is 1.52. The maximum absolute atomic E-state index is 11.8. The van der Waals surface area contributed by atoms with Crippen molar-refractivity contribution in [2.45, 2.75) is 25.1 Å². The molecule has 0 aromatic rings. The van der Waals surface area contributed by atoms with E-state index in [1.54, 1.807) is 6.92 Å². The topological polar surface area (TPSA) is 57.6 Å². The van der Waals surface area contributed by atoms with E-state index in [0.717, 1.165) is 0 Å². The van der Waals surface area contributed by atoms with Crippen LogP contribution < -0.4 is 0 Å². The van der Waals surface area contributed by atoms with Gasteiger partial charge in [-0.25, -0.2) is 4.79 Å². The molecule has 3 atom stereocenters. The van der Waals surface area contributed by atoms with Gasteiger partial charge in [-0.1, -0.05) is 13.8 Å². The van der Waals surface area contributed by atoms with Gasteiger partial charge in [0.1, 0.15) is 6.04 Å². The molecule has 0 bridgehead atoms. The number of thioether (sulfide) groups is 1. The number of nitrogens with zero attached hydrogens (tertiary/aromatic N) is 1. The van der Waals surface area contributed by atoms with E-state index in [1.807, 2.05) is 6.92 Å². The van der Waals surface area contributed by atoms with Gasteiger partial charge in [-0.05, 0) is 0 Å². The second-order valence-corrected chi connectivity index (χ2v) is 5.38. The number of carboxylic acids is 1. The highest BCUT2D eigenvalue weighted by atomic mass is 32.2. The minimum atomic E-state index is -0.924. The van der Waals surface area contributed by atoms with Crippen LogP contribution in [0.15, 0.2) is 0 Å². The third kappa shape index (κ3) is 2.60. The van der Waals surface area contributed by atoms with Crippen LogP contribution in [0.2, 0.25) is 0 Å². The van der Waals surface area contributed by atoms with Crippen molar-refractivity contribution in [2.24, 2.45) is 5.92 Å². The normalized spacial score (nSPS) is 27.8. The van der Waals surface area contributed by atoms with Crippen LogP contribution in [-0.2, 0) is 9.59 Å². The van der Waals surface area contributed by atoms with Crippen molar-refractivity contribution >= 4 is 36.3 Å². The first-order valence-corrected chi connectivity index (χ1v) is 6.43. The molecule has 0 aliphatic carbocycles. The molecule has 0 saturated carbocycles. The fourth-order valence-corrected chi connectivity index (χ4v) is 2.80. The third-order valence-corrected chi connectivity index (χ3v) is 4.25. The smallest absolute Gasteiger partial charge is 0.327 e. The maximum atomic E-state index is 11.8. The van der Waals surface area contributed by atoms with Crippen molar-refractivity contribution in [2.75, 3.05) is 11.6 Å². The lowest BCUT2D eigenvalue weighted by Crippen LogP contribution is -2.46. The summed E-state index contributed by atoms with van der Waals surface area (Å²) >= 11 is 5.55. The zero-order valence-corrected chi connectivity index (χ0v) is 10.4. The minimum absolute atomic E-state index is 0.0430. The van der Waals surface area contributed by atoms with Gasteiger partial charge in [-0.2, -0.15) is 12.6 Å². The summed E-state index contributed by atoms with van der Waals surface area (Å²) in [7, 11) is 0. The summed E-state index contributed by atoms with van der Waals surface area (Å²) in [4.78, 5) is 24.3. The largest absolute Gasteiger partial charge is 0.480 e. The number of carbonyl (C=O) groups excluding carboxylic acids is 1. The summed E-state index contributed by atoms with van der Waals surface area (Å²) in [6.07, 6.45) is 0. The lowest BCUT2D eigenvalue weighted by atomic mass is 10.1. The molecule has 1 amide bonds. The van der Waals surface area contributed by atoms with Crippen LogP contribution in [0.5, 0.6) is 0 Å². The van der Waals surface area contributed by atoms with Gasteiger partial charge in [0.25, 0.3) is 0 Å². The van der Waals surface area contributed by atoms with Gasteiger partial charge in [-0.3, -0.25) is 4.79 Å². The molecule has 1 aliphatic rings. The van der Waals surface area contributed by atoms with E-state index in [1.165, 1.54) is 16.7 Å². The Kier molecular flexibility index (Phi) is 4.33. The van der Waals surface area contributed by atoms with Gasteiger partial charge >= 0.3 is 5.97 Å². The van der Waals surface area contributed by atoms with Crippen molar-refractivity contribution in [3.05, 3.63) is 0 Å². The second-order valence-electron chi connectivity index (χ2n) is 3.68. The van der Waals surface area contributed by atoms with Gasteiger partial charge in [0.15, 0.2) is 0 Å². The molecule has 1 heterocycles. The summed E-state index contributed by atoms with van der Waals surface area (Å²) in [5.41, 5.74) is 0. The monoisotopic (exact) mass is 249 g/mol. The van der Waals surface area contributed by atoms with Crippen LogP contribution in [0.1, 0.15) is 13.8 Å². The second kappa shape index (κ2) is 5.12. The molecule has 1 fully saturated rings. The molecule has 1 saturated heterocycles. The lowest BCUT2D eigenvalue weighted by Gasteiger charge is -2.24.